The second-order valence-electron chi connectivity index (χ2n) is 4.14. The molecule has 0 aromatic heterocycles. The quantitative estimate of drug-likeness (QED) is 0.773. The molecule has 0 saturated heterocycles. The maximum atomic E-state index is 5.67. The van der Waals surface area contributed by atoms with Crippen LogP contribution in [0.25, 0.3) is 0 Å². The van der Waals surface area contributed by atoms with Crippen LogP contribution in [0.2, 0.25) is 0 Å². The van der Waals surface area contributed by atoms with E-state index >= 15 is 0 Å². The third-order valence-corrected chi connectivity index (χ3v) is 3.63. The van der Waals surface area contributed by atoms with Gasteiger partial charge in [-0.2, -0.15) is 0 Å². The molecule has 1 atom stereocenters. The summed E-state index contributed by atoms with van der Waals surface area (Å²) >= 11 is 3.58. The fourth-order valence-electron chi connectivity index (χ4n) is 1.85. The van der Waals surface area contributed by atoms with E-state index in [0.717, 1.165) is 30.7 Å². The van der Waals surface area contributed by atoms with Gasteiger partial charge in [0.1, 0.15) is 0 Å². The average Bonchev–Trinajstić information content (AvgIpc) is 2.32. The monoisotopic (exact) mass is 299 g/mol. The highest BCUT2D eigenvalue weighted by Crippen LogP contribution is 2.24. The van der Waals surface area contributed by atoms with Crippen LogP contribution in [-0.2, 0) is 4.74 Å². The van der Waals surface area contributed by atoms with Gasteiger partial charge in [0, 0.05) is 11.1 Å². The molecule has 1 unspecified atom stereocenters. The summed E-state index contributed by atoms with van der Waals surface area (Å²) in [4.78, 5) is 0. The summed E-state index contributed by atoms with van der Waals surface area (Å²) < 4.78 is 6.83. The highest BCUT2D eigenvalue weighted by molar-refractivity contribution is 9.10. The van der Waals surface area contributed by atoms with Gasteiger partial charge >= 0.3 is 0 Å². The van der Waals surface area contributed by atoms with Crippen molar-refractivity contribution in [2.24, 2.45) is 0 Å². The van der Waals surface area contributed by atoms with Crippen LogP contribution in [0.3, 0.4) is 0 Å². The lowest BCUT2D eigenvalue weighted by Gasteiger charge is -2.21. The van der Waals surface area contributed by atoms with E-state index in [4.69, 9.17) is 4.74 Å². The van der Waals surface area contributed by atoms with E-state index in [1.165, 1.54) is 11.1 Å². The summed E-state index contributed by atoms with van der Waals surface area (Å²) in [5.74, 6) is 0. The fraction of sp³-hybridized carbons (Fsp3) is 0.571. The van der Waals surface area contributed by atoms with Crippen LogP contribution in [0.1, 0.15) is 37.4 Å². The van der Waals surface area contributed by atoms with E-state index in [0.29, 0.717) is 0 Å². The molecule has 0 spiro atoms. The molecule has 0 aliphatic carbocycles. The van der Waals surface area contributed by atoms with Crippen LogP contribution in [0, 0.1) is 6.92 Å². The molecule has 0 saturated carbocycles. The minimum Gasteiger partial charge on any atom is -0.379 e. The van der Waals surface area contributed by atoms with Gasteiger partial charge in [0.05, 0.1) is 12.6 Å². The molecule has 0 heterocycles. The standard InChI is InChI=1S/C14H22BrNO/c1-4-9-17-10-14(16-5-2)12-7-6-8-13(15)11(12)3/h6-8,14,16H,4-5,9-10H2,1-3H3. The van der Waals surface area contributed by atoms with Crippen LogP contribution in [0.5, 0.6) is 0 Å². The zero-order valence-electron chi connectivity index (χ0n) is 10.9. The van der Waals surface area contributed by atoms with E-state index in [1.807, 2.05) is 0 Å². The van der Waals surface area contributed by atoms with Crippen LogP contribution >= 0.6 is 15.9 Å². The lowest BCUT2D eigenvalue weighted by Crippen LogP contribution is -2.26. The highest BCUT2D eigenvalue weighted by Gasteiger charge is 2.13. The van der Waals surface area contributed by atoms with Crippen molar-refractivity contribution in [1.29, 1.82) is 0 Å². The topological polar surface area (TPSA) is 21.3 Å². The normalized spacial score (nSPS) is 12.7. The van der Waals surface area contributed by atoms with Crippen molar-refractivity contribution in [3.63, 3.8) is 0 Å². The molecule has 1 aromatic carbocycles. The van der Waals surface area contributed by atoms with E-state index < -0.39 is 0 Å². The lowest BCUT2D eigenvalue weighted by molar-refractivity contribution is 0.112. The van der Waals surface area contributed by atoms with E-state index in [9.17, 15) is 0 Å². The molecule has 17 heavy (non-hydrogen) atoms. The second-order valence-corrected chi connectivity index (χ2v) is 4.99. The molecule has 3 heteroatoms. The van der Waals surface area contributed by atoms with Crippen LogP contribution in [-0.4, -0.2) is 19.8 Å². The van der Waals surface area contributed by atoms with Crippen LogP contribution in [0.15, 0.2) is 22.7 Å². The zero-order valence-corrected chi connectivity index (χ0v) is 12.5. The minimum atomic E-state index is 0.282. The maximum Gasteiger partial charge on any atom is 0.0661 e. The van der Waals surface area contributed by atoms with E-state index in [1.54, 1.807) is 0 Å². The third-order valence-electron chi connectivity index (χ3n) is 2.77. The predicted molar refractivity (Wildman–Crippen MR) is 76.4 cm³/mol. The van der Waals surface area contributed by atoms with Gasteiger partial charge in [-0.1, -0.05) is 41.9 Å². The number of rotatable bonds is 7. The first-order chi connectivity index (χ1) is 8.20. The van der Waals surface area contributed by atoms with Crippen LogP contribution < -0.4 is 5.32 Å². The third kappa shape index (κ3) is 4.41. The van der Waals surface area contributed by atoms with Crippen LogP contribution in [0.4, 0.5) is 0 Å². The molecule has 0 fully saturated rings. The summed E-state index contributed by atoms with van der Waals surface area (Å²) in [6.07, 6.45) is 1.07. The highest BCUT2D eigenvalue weighted by atomic mass is 79.9. The van der Waals surface area contributed by atoms with Crippen molar-refractivity contribution in [1.82, 2.24) is 5.32 Å². The Kier molecular flexibility index (Phi) is 6.78. The molecular weight excluding hydrogens is 278 g/mol. The SMILES string of the molecule is CCCOCC(NCC)c1cccc(Br)c1C. The molecule has 0 amide bonds. The molecule has 0 aliphatic rings. The van der Waals surface area contributed by atoms with Gasteiger partial charge < -0.3 is 10.1 Å². The van der Waals surface area contributed by atoms with Gasteiger partial charge in [-0.15, -0.1) is 0 Å². The summed E-state index contributed by atoms with van der Waals surface area (Å²) in [5, 5.41) is 3.48. The molecule has 0 bridgehead atoms. The zero-order chi connectivity index (χ0) is 12.7. The van der Waals surface area contributed by atoms with Crippen molar-refractivity contribution in [3.05, 3.63) is 33.8 Å². The Morgan fingerprint density at radius 1 is 1.35 bits per heavy atom. The Morgan fingerprint density at radius 3 is 2.76 bits per heavy atom. The molecule has 1 rings (SSSR count). The van der Waals surface area contributed by atoms with Crippen molar-refractivity contribution in [2.75, 3.05) is 19.8 Å². The van der Waals surface area contributed by atoms with Crippen molar-refractivity contribution >= 4 is 15.9 Å². The number of halogens is 1. The largest absolute Gasteiger partial charge is 0.379 e. The molecule has 96 valence electrons. The number of ether oxygens (including phenoxy) is 1. The molecule has 2 nitrogen and oxygen atoms in total. The van der Waals surface area contributed by atoms with Gasteiger partial charge in [-0.05, 0) is 37.1 Å². The smallest absolute Gasteiger partial charge is 0.0661 e. The Balaban J connectivity index is 2.77. The first kappa shape index (κ1) is 14.7. The van der Waals surface area contributed by atoms with Gasteiger partial charge in [0.2, 0.25) is 0 Å². The summed E-state index contributed by atoms with van der Waals surface area (Å²) in [6, 6.07) is 6.61. The van der Waals surface area contributed by atoms with Crippen molar-refractivity contribution < 1.29 is 4.74 Å². The molecule has 0 radical (unpaired) electrons. The molecule has 1 N–H and O–H groups in total. The number of nitrogens with one attached hydrogen (secondary N) is 1. The second kappa shape index (κ2) is 7.85. The van der Waals surface area contributed by atoms with Gasteiger partial charge in [-0.3, -0.25) is 0 Å². The Hall–Kier alpha value is -0.380. The maximum absolute atomic E-state index is 5.67. The van der Waals surface area contributed by atoms with Gasteiger partial charge in [0.15, 0.2) is 0 Å². The molecular formula is C14H22BrNO. The van der Waals surface area contributed by atoms with Gasteiger partial charge in [-0.25, -0.2) is 0 Å². The first-order valence-electron chi connectivity index (χ1n) is 6.26. The van der Waals surface area contributed by atoms with E-state index in [-0.39, 0.29) is 6.04 Å². The first-order valence-corrected chi connectivity index (χ1v) is 7.06. The van der Waals surface area contributed by atoms with Crippen molar-refractivity contribution in [3.8, 4) is 0 Å². The summed E-state index contributed by atoms with van der Waals surface area (Å²) in [5.41, 5.74) is 2.61. The molecule has 0 aliphatic heterocycles. The number of hydrogen-bond acceptors (Lipinski definition) is 2. The van der Waals surface area contributed by atoms with E-state index in [2.05, 4.69) is 60.2 Å². The lowest BCUT2D eigenvalue weighted by atomic mass is 10.0. The fourth-order valence-corrected chi connectivity index (χ4v) is 2.23. The molecule has 1 aromatic rings. The minimum absolute atomic E-state index is 0.282. The Labute approximate surface area is 113 Å². The van der Waals surface area contributed by atoms with Gasteiger partial charge in [0.25, 0.3) is 0 Å². The summed E-state index contributed by atoms with van der Waals surface area (Å²) in [7, 11) is 0. The number of benzene rings is 1. The number of likely N-dealkylation sites (N-methyl/N-ethyl adjacent to an activating group) is 1. The number of hydrogen-bond donors (Lipinski definition) is 1. The average molecular weight is 300 g/mol. The Morgan fingerprint density at radius 2 is 2.12 bits per heavy atom. The predicted octanol–water partition coefficient (Wildman–Crippen LogP) is 3.83. The summed E-state index contributed by atoms with van der Waals surface area (Å²) in [6.45, 7) is 8.91. The van der Waals surface area contributed by atoms with Crippen molar-refractivity contribution in [2.45, 2.75) is 33.2 Å². The Bertz CT molecular complexity index is 341.